The maximum atomic E-state index is 13.1. The van der Waals surface area contributed by atoms with E-state index in [9.17, 15) is 9.59 Å². The molecule has 0 radical (unpaired) electrons. The summed E-state index contributed by atoms with van der Waals surface area (Å²) in [4.78, 5) is 39.3. The third-order valence-corrected chi connectivity index (χ3v) is 18.2. The average Bonchev–Trinajstić information content (AvgIpc) is 3.42. The van der Waals surface area contributed by atoms with E-state index in [1.54, 1.807) is 4.57 Å². The lowest BCUT2D eigenvalue weighted by Gasteiger charge is -2.40. The molecule has 13 heteroatoms. The van der Waals surface area contributed by atoms with Crippen molar-refractivity contribution in [1.29, 1.82) is 0 Å². The number of benzene rings is 1. The fraction of sp³-hybridized carbons (Fsp3) is 0.600. The van der Waals surface area contributed by atoms with Crippen LogP contribution in [0.5, 0.6) is 0 Å². The lowest BCUT2D eigenvalue weighted by Crippen LogP contribution is -2.48. The number of nitrogen functional groups attached to an aromatic ring is 1. The highest BCUT2D eigenvalue weighted by atomic mass is 28.4. The van der Waals surface area contributed by atoms with Crippen molar-refractivity contribution >= 4 is 51.3 Å². The zero-order chi connectivity index (χ0) is 32.1. The van der Waals surface area contributed by atoms with Crippen molar-refractivity contribution in [2.45, 2.75) is 110 Å². The standard InChI is InChI=1S/C30H48N6O5Si2/c1-19(37)35(20-15-13-12-14-16-20)28-32-24-25(33-27(31)34-26(24)38)36(28)23-17-21(41-43(10,11)30(5,6)7)22(40-23)18-39-42(8,9)29(2,3)4/h12-16,21-23H,17-18H2,1-11H3,(H3,31,33,34,38)/t21-,22+,23+/m0/s1. The number of anilines is 3. The van der Waals surface area contributed by atoms with E-state index in [-0.39, 0.29) is 51.3 Å². The third-order valence-electron chi connectivity index (χ3n) is 9.21. The summed E-state index contributed by atoms with van der Waals surface area (Å²) in [6, 6.07) is 9.17. The number of para-hydroxylation sites is 1. The summed E-state index contributed by atoms with van der Waals surface area (Å²) in [5.74, 6) is -0.111. The van der Waals surface area contributed by atoms with Crippen LogP contribution in [0, 0.1) is 0 Å². The third kappa shape index (κ3) is 6.65. The number of hydrogen-bond acceptors (Lipinski definition) is 8. The van der Waals surface area contributed by atoms with Gasteiger partial charge in [-0.05, 0) is 48.4 Å². The van der Waals surface area contributed by atoms with E-state index in [4.69, 9.17) is 19.3 Å². The van der Waals surface area contributed by atoms with E-state index >= 15 is 0 Å². The van der Waals surface area contributed by atoms with Crippen LogP contribution in [-0.4, -0.2) is 60.9 Å². The van der Waals surface area contributed by atoms with Crippen LogP contribution < -0.4 is 16.2 Å². The Morgan fingerprint density at radius 2 is 1.67 bits per heavy atom. The molecule has 0 spiro atoms. The van der Waals surface area contributed by atoms with Crippen LogP contribution in [0.25, 0.3) is 11.2 Å². The number of aromatic nitrogens is 4. The van der Waals surface area contributed by atoms with Gasteiger partial charge in [-0.1, -0.05) is 59.7 Å². The molecule has 3 aromatic rings. The first-order valence-electron chi connectivity index (χ1n) is 14.8. The highest BCUT2D eigenvalue weighted by Crippen LogP contribution is 2.44. The Morgan fingerprint density at radius 3 is 2.23 bits per heavy atom. The predicted molar refractivity (Wildman–Crippen MR) is 176 cm³/mol. The first-order valence-corrected chi connectivity index (χ1v) is 20.7. The first kappa shape index (κ1) is 33.1. The Kier molecular flexibility index (Phi) is 8.90. The SMILES string of the molecule is CC(=O)N(c1ccccc1)c1nc2c(=O)[nH]c(N)nc2n1[C@H]1C[C@H](O[Si](C)(C)C(C)(C)C)[C@@H](CO[Si](C)(C)C(C)(C)C)O1. The minimum atomic E-state index is -2.22. The normalized spacial score (nSPS) is 20.1. The van der Waals surface area contributed by atoms with Gasteiger partial charge in [0.05, 0.1) is 18.4 Å². The molecule has 0 unspecified atom stereocenters. The predicted octanol–water partition coefficient (Wildman–Crippen LogP) is 6.09. The highest BCUT2D eigenvalue weighted by molar-refractivity contribution is 6.74. The molecule has 1 aliphatic heterocycles. The number of imidazole rings is 1. The van der Waals surface area contributed by atoms with Gasteiger partial charge in [-0.3, -0.25) is 24.0 Å². The second-order valence-corrected chi connectivity index (χ2v) is 24.0. The van der Waals surface area contributed by atoms with Gasteiger partial charge in [-0.15, -0.1) is 0 Å². The van der Waals surface area contributed by atoms with Crippen molar-refractivity contribution in [3.63, 3.8) is 0 Å². The van der Waals surface area contributed by atoms with Crippen LogP contribution in [0.15, 0.2) is 35.1 Å². The highest BCUT2D eigenvalue weighted by Gasteiger charge is 2.47. The number of nitrogens with one attached hydrogen (secondary N) is 1. The van der Waals surface area contributed by atoms with Crippen LogP contribution in [-0.2, 0) is 18.4 Å². The summed E-state index contributed by atoms with van der Waals surface area (Å²) in [5, 5.41) is -0.000514. The molecule has 1 aliphatic rings. The first-order chi connectivity index (χ1) is 19.7. The second kappa shape index (κ2) is 11.6. The number of rotatable bonds is 8. The van der Waals surface area contributed by atoms with Gasteiger partial charge in [0, 0.05) is 13.3 Å². The molecule has 43 heavy (non-hydrogen) atoms. The maximum absolute atomic E-state index is 13.1. The topological polar surface area (TPSA) is 138 Å². The molecule has 3 atom stereocenters. The largest absolute Gasteiger partial charge is 0.414 e. The monoisotopic (exact) mass is 628 g/mol. The zero-order valence-electron chi connectivity index (χ0n) is 27.4. The van der Waals surface area contributed by atoms with E-state index in [0.29, 0.717) is 18.7 Å². The number of amides is 1. The van der Waals surface area contributed by atoms with Gasteiger partial charge in [0.1, 0.15) is 12.3 Å². The molecular formula is C30H48N6O5Si2. The Balaban J connectivity index is 1.84. The number of aromatic amines is 1. The smallest absolute Gasteiger partial charge is 0.280 e. The van der Waals surface area contributed by atoms with Crippen LogP contribution >= 0.6 is 0 Å². The number of carbonyl (C=O) groups excluding carboxylic acids is 1. The quantitative estimate of drug-likeness (QED) is 0.286. The van der Waals surface area contributed by atoms with E-state index in [1.165, 1.54) is 11.8 Å². The molecule has 11 nitrogen and oxygen atoms in total. The Morgan fingerprint density at radius 1 is 1.07 bits per heavy atom. The molecular weight excluding hydrogens is 581 g/mol. The van der Waals surface area contributed by atoms with Gasteiger partial charge in [0.2, 0.25) is 17.8 Å². The van der Waals surface area contributed by atoms with Crippen molar-refractivity contribution in [3.8, 4) is 0 Å². The fourth-order valence-corrected chi connectivity index (χ4v) is 6.99. The summed E-state index contributed by atoms with van der Waals surface area (Å²) < 4.78 is 22.1. The van der Waals surface area contributed by atoms with Crippen molar-refractivity contribution in [1.82, 2.24) is 19.5 Å². The van der Waals surface area contributed by atoms with Crippen LogP contribution in [0.1, 0.15) is 61.1 Å². The van der Waals surface area contributed by atoms with E-state index < -0.39 is 28.4 Å². The molecule has 3 N–H and O–H groups in total. The number of fused-ring (bicyclic) bond motifs is 1. The lowest BCUT2D eigenvalue weighted by molar-refractivity contribution is -0.116. The van der Waals surface area contributed by atoms with Gasteiger partial charge < -0.3 is 19.3 Å². The van der Waals surface area contributed by atoms with Crippen LogP contribution in [0.3, 0.4) is 0 Å². The summed E-state index contributed by atoms with van der Waals surface area (Å²) in [6.45, 7) is 23.9. The molecule has 1 fully saturated rings. The van der Waals surface area contributed by atoms with Gasteiger partial charge in [0.15, 0.2) is 27.8 Å². The number of carbonyl (C=O) groups is 1. The zero-order valence-corrected chi connectivity index (χ0v) is 29.4. The van der Waals surface area contributed by atoms with Crippen LogP contribution in [0.2, 0.25) is 36.3 Å². The van der Waals surface area contributed by atoms with Gasteiger partial charge >= 0.3 is 0 Å². The van der Waals surface area contributed by atoms with Crippen LogP contribution in [0.4, 0.5) is 17.6 Å². The van der Waals surface area contributed by atoms with E-state index in [2.05, 4.69) is 82.7 Å². The number of ether oxygens (including phenoxy) is 1. The summed E-state index contributed by atoms with van der Waals surface area (Å²) in [7, 11) is -4.32. The van der Waals surface area contributed by atoms with Gasteiger partial charge in [-0.25, -0.2) is 4.98 Å². The summed E-state index contributed by atoms with van der Waals surface area (Å²) >= 11 is 0. The van der Waals surface area contributed by atoms with Crippen molar-refractivity contribution in [2.75, 3.05) is 17.2 Å². The maximum Gasteiger partial charge on any atom is 0.280 e. The summed E-state index contributed by atoms with van der Waals surface area (Å²) in [6.07, 6.45) is -0.879. The van der Waals surface area contributed by atoms with Gasteiger partial charge in [-0.2, -0.15) is 4.98 Å². The minimum Gasteiger partial charge on any atom is -0.414 e. The molecule has 3 heterocycles. The molecule has 1 saturated heterocycles. The Labute approximate surface area is 256 Å². The fourth-order valence-electron chi connectivity index (χ4n) is 4.62. The molecule has 0 bridgehead atoms. The molecule has 236 valence electrons. The Hall–Kier alpha value is -2.85. The molecule has 0 aliphatic carbocycles. The number of hydrogen-bond donors (Lipinski definition) is 2. The molecule has 2 aromatic heterocycles. The van der Waals surface area contributed by atoms with E-state index in [0.717, 1.165) is 0 Å². The number of H-pyrrole nitrogens is 1. The molecule has 1 amide bonds. The molecule has 4 rings (SSSR count). The lowest BCUT2D eigenvalue weighted by atomic mass is 10.2. The van der Waals surface area contributed by atoms with Crippen molar-refractivity contribution < 1.29 is 18.4 Å². The number of nitrogens with zero attached hydrogens (tertiary/aromatic N) is 4. The average molecular weight is 629 g/mol. The number of nitrogens with two attached hydrogens (primary N) is 1. The second-order valence-electron chi connectivity index (χ2n) is 14.4. The van der Waals surface area contributed by atoms with Gasteiger partial charge in [0.25, 0.3) is 5.56 Å². The van der Waals surface area contributed by atoms with Crippen molar-refractivity contribution in [3.05, 3.63) is 40.7 Å². The van der Waals surface area contributed by atoms with Crippen molar-refractivity contribution in [2.24, 2.45) is 0 Å². The minimum absolute atomic E-state index is 0.0225. The van der Waals surface area contributed by atoms with E-state index in [1.807, 2.05) is 30.3 Å². The summed E-state index contributed by atoms with van der Waals surface area (Å²) in [5.41, 5.74) is 6.41. The Bertz CT molecular complexity index is 1520. The molecule has 0 saturated carbocycles. The molecule has 1 aromatic carbocycles.